The maximum Gasteiger partial charge on any atom is 0.411 e. The Morgan fingerprint density at radius 3 is 2.72 bits per heavy atom. The molecule has 9 heteroatoms. The lowest BCUT2D eigenvalue weighted by Gasteiger charge is -2.08. The molecule has 0 spiro atoms. The number of rotatable bonds is 3. The van der Waals surface area contributed by atoms with Crippen LogP contribution in [0.3, 0.4) is 0 Å². The van der Waals surface area contributed by atoms with E-state index in [4.69, 9.17) is 11.6 Å². The van der Waals surface area contributed by atoms with Crippen LogP contribution in [0.4, 0.5) is 25.0 Å². The van der Waals surface area contributed by atoms with Gasteiger partial charge in [0.25, 0.3) is 0 Å². The first-order valence-corrected chi connectivity index (χ1v) is 5.02. The van der Waals surface area contributed by atoms with Crippen LogP contribution in [-0.4, -0.2) is 17.6 Å². The standard InChI is InChI=1S/C9H7ClF2N2O4/c1-2-18-9(15)13-7-5(11)3-4(10)8(6(7)12)14(16)17/h3H,2H2,1H3,(H,13,15). The van der Waals surface area contributed by atoms with Crippen molar-refractivity contribution in [2.45, 2.75) is 6.92 Å². The van der Waals surface area contributed by atoms with Crippen LogP contribution < -0.4 is 5.32 Å². The molecule has 6 nitrogen and oxygen atoms in total. The summed E-state index contributed by atoms with van der Waals surface area (Å²) in [6, 6.07) is 0.532. The Morgan fingerprint density at radius 2 is 2.22 bits per heavy atom. The molecule has 0 aliphatic carbocycles. The van der Waals surface area contributed by atoms with Crippen LogP contribution >= 0.6 is 11.6 Å². The van der Waals surface area contributed by atoms with Gasteiger partial charge in [-0.25, -0.2) is 9.18 Å². The highest BCUT2D eigenvalue weighted by Gasteiger charge is 2.27. The fourth-order valence-electron chi connectivity index (χ4n) is 1.13. The molecular weight excluding hydrogens is 274 g/mol. The van der Waals surface area contributed by atoms with E-state index in [0.29, 0.717) is 6.07 Å². The summed E-state index contributed by atoms with van der Waals surface area (Å²) >= 11 is 5.33. The van der Waals surface area contributed by atoms with Crippen molar-refractivity contribution >= 4 is 29.1 Å². The molecule has 0 aliphatic rings. The zero-order chi connectivity index (χ0) is 13.9. The molecule has 0 fully saturated rings. The molecule has 0 aromatic heterocycles. The van der Waals surface area contributed by atoms with Crippen LogP contribution in [-0.2, 0) is 4.74 Å². The van der Waals surface area contributed by atoms with Gasteiger partial charge >= 0.3 is 11.8 Å². The molecule has 0 saturated carbocycles. The second kappa shape index (κ2) is 5.58. The summed E-state index contributed by atoms with van der Waals surface area (Å²) in [5, 5.41) is 11.6. The maximum absolute atomic E-state index is 13.6. The highest BCUT2D eigenvalue weighted by Crippen LogP contribution is 2.34. The normalized spacial score (nSPS) is 10.0. The van der Waals surface area contributed by atoms with Crippen molar-refractivity contribution in [2.24, 2.45) is 0 Å². The number of nitrogens with one attached hydrogen (secondary N) is 1. The van der Waals surface area contributed by atoms with E-state index in [0.717, 1.165) is 0 Å². The number of hydrogen-bond acceptors (Lipinski definition) is 4. The molecule has 0 unspecified atom stereocenters. The SMILES string of the molecule is CCOC(=O)Nc1c(F)cc(Cl)c([N+](=O)[O-])c1F. The molecule has 0 atom stereocenters. The Bertz CT molecular complexity index is 510. The van der Waals surface area contributed by atoms with Crippen LogP contribution in [0.25, 0.3) is 0 Å². The third kappa shape index (κ3) is 2.83. The second-order valence-electron chi connectivity index (χ2n) is 2.98. The van der Waals surface area contributed by atoms with Gasteiger partial charge in [-0.05, 0) is 6.92 Å². The number of anilines is 1. The summed E-state index contributed by atoms with van der Waals surface area (Å²) in [4.78, 5) is 20.4. The van der Waals surface area contributed by atoms with Crippen molar-refractivity contribution in [3.05, 3.63) is 32.8 Å². The van der Waals surface area contributed by atoms with Gasteiger partial charge in [0.1, 0.15) is 10.7 Å². The minimum absolute atomic E-state index is 0.0231. The molecule has 1 aromatic rings. The predicted octanol–water partition coefficient (Wildman–Crippen LogP) is 3.09. The lowest BCUT2D eigenvalue weighted by Crippen LogP contribution is -2.16. The van der Waals surface area contributed by atoms with Crippen molar-refractivity contribution in [1.29, 1.82) is 0 Å². The number of benzene rings is 1. The molecule has 1 amide bonds. The fraction of sp³-hybridized carbons (Fsp3) is 0.222. The van der Waals surface area contributed by atoms with Gasteiger partial charge in [0.2, 0.25) is 5.82 Å². The Morgan fingerprint density at radius 1 is 1.61 bits per heavy atom. The van der Waals surface area contributed by atoms with Crippen molar-refractivity contribution in [1.82, 2.24) is 0 Å². The topological polar surface area (TPSA) is 81.5 Å². The molecule has 98 valence electrons. The average molecular weight is 281 g/mol. The van der Waals surface area contributed by atoms with Gasteiger partial charge in [0, 0.05) is 6.07 Å². The smallest absolute Gasteiger partial charge is 0.411 e. The zero-order valence-electron chi connectivity index (χ0n) is 9.00. The molecule has 0 saturated heterocycles. The third-order valence-corrected chi connectivity index (χ3v) is 2.12. The predicted molar refractivity (Wildman–Crippen MR) is 58.7 cm³/mol. The molecule has 18 heavy (non-hydrogen) atoms. The molecule has 1 N–H and O–H groups in total. The van der Waals surface area contributed by atoms with E-state index in [9.17, 15) is 23.7 Å². The zero-order valence-corrected chi connectivity index (χ0v) is 9.75. The molecule has 0 bridgehead atoms. The largest absolute Gasteiger partial charge is 0.450 e. The number of nitro benzene ring substituents is 1. The van der Waals surface area contributed by atoms with Crippen LogP contribution in [0.1, 0.15) is 6.92 Å². The van der Waals surface area contributed by atoms with Crippen molar-refractivity contribution in [2.75, 3.05) is 11.9 Å². The average Bonchev–Trinajstić information content (AvgIpc) is 2.23. The van der Waals surface area contributed by atoms with Gasteiger partial charge in [0.05, 0.1) is 11.5 Å². The van der Waals surface area contributed by atoms with Gasteiger partial charge in [-0.15, -0.1) is 0 Å². The summed E-state index contributed by atoms with van der Waals surface area (Å²) in [6.45, 7) is 1.46. The summed E-state index contributed by atoms with van der Waals surface area (Å²) < 4.78 is 31.3. The fourth-order valence-corrected chi connectivity index (χ4v) is 1.38. The van der Waals surface area contributed by atoms with Crippen LogP contribution in [0.15, 0.2) is 6.07 Å². The molecule has 0 heterocycles. The first kappa shape index (κ1) is 14.1. The monoisotopic (exact) mass is 280 g/mol. The van der Waals surface area contributed by atoms with E-state index in [-0.39, 0.29) is 6.61 Å². The van der Waals surface area contributed by atoms with Gasteiger partial charge in [-0.2, -0.15) is 4.39 Å². The lowest BCUT2D eigenvalue weighted by molar-refractivity contribution is -0.387. The van der Waals surface area contributed by atoms with Crippen molar-refractivity contribution < 1.29 is 23.2 Å². The van der Waals surface area contributed by atoms with Crippen LogP contribution in [0.2, 0.25) is 5.02 Å². The first-order valence-electron chi connectivity index (χ1n) is 4.64. The Kier molecular flexibility index (Phi) is 4.38. The van der Waals surface area contributed by atoms with Gasteiger partial charge in [0.15, 0.2) is 5.82 Å². The highest BCUT2D eigenvalue weighted by molar-refractivity contribution is 6.32. The van der Waals surface area contributed by atoms with Crippen LogP contribution in [0.5, 0.6) is 0 Å². The number of hydrogen-bond donors (Lipinski definition) is 1. The quantitative estimate of drug-likeness (QED) is 0.681. The second-order valence-corrected chi connectivity index (χ2v) is 3.39. The van der Waals surface area contributed by atoms with Gasteiger partial charge in [-0.1, -0.05) is 11.6 Å². The van der Waals surface area contributed by atoms with Crippen molar-refractivity contribution in [3.63, 3.8) is 0 Å². The third-order valence-electron chi connectivity index (χ3n) is 1.83. The molecule has 0 radical (unpaired) electrons. The minimum atomic E-state index is -1.57. The van der Waals surface area contributed by atoms with E-state index in [1.54, 1.807) is 5.32 Å². The number of carbonyl (C=O) groups excluding carboxylic acids is 1. The molecule has 1 rings (SSSR count). The lowest BCUT2D eigenvalue weighted by atomic mass is 10.2. The summed E-state index contributed by atoms with van der Waals surface area (Å²) in [7, 11) is 0. The summed E-state index contributed by atoms with van der Waals surface area (Å²) in [5.74, 6) is -2.81. The Balaban J connectivity index is 3.23. The molecule has 0 aliphatic heterocycles. The molecule has 1 aromatic carbocycles. The van der Waals surface area contributed by atoms with E-state index in [2.05, 4.69) is 4.74 Å². The van der Waals surface area contributed by atoms with Crippen molar-refractivity contribution in [3.8, 4) is 0 Å². The van der Waals surface area contributed by atoms with E-state index in [1.165, 1.54) is 6.92 Å². The number of halogens is 3. The number of nitrogens with zero attached hydrogens (tertiary/aromatic N) is 1. The Labute approximate surface area is 105 Å². The van der Waals surface area contributed by atoms with E-state index >= 15 is 0 Å². The van der Waals surface area contributed by atoms with E-state index in [1.807, 2.05) is 0 Å². The highest BCUT2D eigenvalue weighted by atomic mass is 35.5. The molecular formula is C9H7ClF2N2O4. The minimum Gasteiger partial charge on any atom is -0.450 e. The summed E-state index contributed by atoms with van der Waals surface area (Å²) in [6.07, 6.45) is -1.13. The Hall–Kier alpha value is -1.96. The number of nitro groups is 1. The van der Waals surface area contributed by atoms with E-state index < -0.39 is 39.0 Å². The number of ether oxygens (including phenoxy) is 1. The summed E-state index contributed by atoms with van der Waals surface area (Å²) in [5.41, 5.74) is -2.10. The van der Waals surface area contributed by atoms with Gasteiger partial charge in [-0.3, -0.25) is 15.4 Å². The van der Waals surface area contributed by atoms with Gasteiger partial charge < -0.3 is 4.74 Å². The first-order chi connectivity index (χ1) is 8.38. The van der Waals surface area contributed by atoms with Crippen LogP contribution in [0, 0.1) is 21.7 Å². The number of amides is 1. The number of carbonyl (C=O) groups is 1. The maximum atomic E-state index is 13.6.